The zero-order valence-electron chi connectivity index (χ0n) is 13.6. The number of methoxy groups -OCH3 is 1. The molecule has 1 heterocycles. The van der Waals surface area contributed by atoms with E-state index < -0.39 is 15.9 Å². The van der Waals surface area contributed by atoms with E-state index in [1.54, 1.807) is 24.3 Å². The SMILES string of the molecule is COc1cccc(NC(=O)CN(C)S(=O)(=O)c2cc(Br)cnc2N)c1. The lowest BCUT2D eigenvalue weighted by Crippen LogP contribution is -2.35. The summed E-state index contributed by atoms with van der Waals surface area (Å²) in [5.74, 6) is -0.0594. The Hall–Kier alpha value is -2.17. The van der Waals surface area contributed by atoms with Gasteiger partial charge in [0.1, 0.15) is 16.5 Å². The number of pyridine rings is 1. The number of carbonyl (C=O) groups excluding carboxylic acids is 1. The third kappa shape index (κ3) is 4.68. The van der Waals surface area contributed by atoms with E-state index in [4.69, 9.17) is 10.5 Å². The van der Waals surface area contributed by atoms with E-state index in [1.807, 2.05) is 0 Å². The Morgan fingerprint density at radius 1 is 1.40 bits per heavy atom. The van der Waals surface area contributed by atoms with Crippen LogP contribution in [0.4, 0.5) is 11.5 Å². The van der Waals surface area contributed by atoms with Crippen molar-refractivity contribution in [3.8, 4) is 5.75 Å². The number of rotatable bonds is 6. The molecule has 3 N–H and O–H groups in total. The summed E-state index contributed by atoms with van der Waals surface area (Å²) in [7, 11) is -1.16. The molecular formula is C15H17BrN4O4S. The molecule has 134 valence electrons. The van der Waals surface area contributed by atoms with Crippen LogP contribution in [0.2, 0.25) is 0 Å². The van der Waals surface area contributed by atoms with Gasteiger partial charge in [-0.2, -0.15) is 4.31 Å². The quantitative estimate of drug-likeness (QED) is 0.723. The van der Waals surface area contributed by atoms with Crippen molar-refractivity contribution >= 4 is 43.4 Å². The Morgan fingerprint density at radius 2 is 2.12 bits per heavy atom. The zero-order valence-corrected chi connectivity index (χ0v) is 16.0. The maximum absolute atomic E-state index is 12.6. The van der Waals surface area contributed by atoms with Crippen LogP contribution in [0, 0.1) is 0 Å². The Balaban J connectivity index is 2.13. The Bertz CT molecular complexity index is 889. The van der Waals surface area contributed by atoms with Gasteiger partial charge in [0, 0.05) is 29.5 Å². The zero-order chi connectivity index (χ0) is 18.6. The molecule has 0 bridgehead atoms. The maximum Gasteiger partial charge on any atom is 0.246 e. The summed E-state index contributed by atoms with van der Waals surface area (Å²) in [6.45, 7) is -0.383. The number of aromatic nitrogens is 1. The molecule has 0 radical (unpaired) electrons. The second-order valence-electron chi connectivity index (χ2n) is 5.08. The van der Waals surface area contributed by atoms with Gasteiger partial charge in [0.25, 0.3) is 0 Å². The molecule has 1 aromatic carbocycles. The number of carbonyl (C=O) groups is 1. The highest BCUT2D eigenvalue weighted by molar-refractivity contribution is 9.10. The Labute approximate surface area is 154 Å². The van der Waals surface area contributed by atoms with Gasteiger partial charge in [0.2, 0.25) is 15.9 Å². The first-order valence-electron chi connectivity index (χ1n) is 7.05. The molecular weight excluding hydrogens is 412 g/mol. The normalized spacial score (nSPS) is 11.4. The lowest BCUT2D eigenvalue weighted by Gasteiger charge is -2.18. The smallest absolute Gasteiger partial charge is 0.246 e. The predicted molar refractivity (Wildman–Crippen MR) is 97.8 cm³/mol. The molecule has 25 heavy (non-hydrogen) atoms. The minimum atomic E-state index is -3.96. The number of nitrogens with zero attached hydrogens (tertiary/aromatic N) is 2. The second-order valence-corrected chi connectivity index (χ2v) is 8.01. The molecule has 2 rings (SSSR count). The topological polar surface area (TPSA) is 115 Å². The molecule has 1 amide bonds. The number of nitrogen functional groups attached to an aromatic ring is 1. The van der Waals surface area contributed by atoms with E-state index >= 15 is 0 Å². The number of benzene rings is 1. The van der Waals surface area contributed by atoms with E-state index in [1.165, 1.54) is 26.4 Å². The lowest BCUT2D eigenvalue weighted by molar-refractivity contribution is -0.116. The summed E-state index contributed by atoms with van der Waals surface area (Å²) in [6.07, 6.45) is 1.39. The average molecular weight is 429 g/mol. The number of anilines is 2. The highest BCUT2D eigenvalue weighted by atomic mass is 79.9. The molecule has 0 spiro atoms. The van der Waals surface area contributed by atoms with Gasteiger partial charge in [-0.1, -0.05) is 6.07 Å². The first kappa shape index (κ1) is 19.2. The summed E-state index contributed by atoms with van der Waals surface area (Å²) in [6, 6.07) is 8.08. The number of sulfonamides is 1. The summed E-state index contributed by atoms with van der Waals surface area (Å²) in [5.41, 5.74) is 6.15. The van der Waals surface area contributed by atoms with Gasteiger partial charge in [0.05, 0.1) is 13.7 Å². The molecule has 0 saturated heterocycles. The first-order valence-corrected chi connectivity index (χ1v) is 9.28. The molecule has 0 unspecified atom stereocenters. The number of hydrogen-bond donors (Lipinski definition) is 2. The number of ether oxygens (including phenoxy) is 1. The number of hydrogen-bond acceptors (Lipinski definition) is 6. The summed E-state index contributed by atoms with van der Waals surface area (Å²) < 4.78 is 31.6. The second kappa shape index (κ2) is 7.81. The fourth-order valence-electron chi connectivity index (χ4n) is 1.99. The molecule has 2 aromatic rings. The number of nitrogens with one attached hydrogen (secondary N) is 1. The fourth-order valence-corrected chi connectivity index (χ4v) is 3.69. The van der Waals surface area contributed by atoms with Crippen molar-refractivity contribution in [3.05, 3.63) is 41.0 Å². The molecule has 0 saturated carbocycles. The van der Waals surface area contributed by atoms with E-state index in [2.05, 4.69) is 26.2 Å². The molecule has 0 aliphatic carbocycles. The van der Waals surface area contributed by atoms with Crippen LogP contribution >= 0.6 is 15.9 Å². The van der Waals surface area contributed by atoms with E-state index in [0.29, 0.717) is 15.9 Å². The number of halogens is 1. The molecule has 8 nitrogen and oxygen atoms in total. The van der Waals surface area contributed by atoms with Gasteiger partial charge in [-0.3, -0.25) is 4.79 Å². The Kier molecular flexibility index (Phi) is 5.98. The summed E-state index contributed by atoms with van der Waals surface area (Å²) in [5, 5.41) is 2.62. The van der Waals surface area contributed by atoms with Crippen LogP contribution in [0.25, 0.3) is 0 Å². The minimum absolute atomic E-state index is 0.136. The van der Waals surface area contributed by atoms with Crippen LogP contribution in [0.3, 0.4) is 0 Å². The van der Waals surface area contributed by atoms with Crippen molar-refractivity contribution in [1.29, 1.82) is 0 Å². The van der Waals surface area contributed by atoms with Crippen molar-refractivity contribution in [2.75, 3.05) is 31.8 Å². The molecule has 0 aliphatic heterocycles. The van der Waals surface area contributed by atoms with Crippen molar-refractivity contribution < 1.29 is 17.9 Å². The fraction of sp³-hybridized carbons (Fsp3) is 0.200. The summed E-state index contributed by atoms with van der Waals surface area (Å²) in [4.78, 5) is 15.8. The largest absolute Gasteiger partial charge is 0.497 e. The molecule has 0 fully saturated rings. The highest BCUT2D eigenvalue weighted by Gasteiger charge is 2.26. The Morgan fingerprint density at radius 3 is 2.80 bits per heavy atom. The van der Waals surface area contributed by atoms with E-state index in [9.17, 15) is 13.2 Å². The van der Waals surface area contributed by atoms with Crippen LogP contribution in [-0.4, -0.2) is 44.3 Å². The molecule has 0 aliphatic rings. The van der Waals surface area contributed by atoms with Gasteiger partial charge in [-0.25, -0.2) is 13.4 Å². The van der Waals surface area contributed by atoms with E-state index in [0.717, 1.165) is 4.31 Å². The molecule has 10 heteroatoms. The van der Waals surface area contributed by atoms with Crippen LogP contribution < -0.4 is 15.8 Å². The van der Waals surface area contributed by atoms with E-state index in [-0.39, 0.29) is 17.3 Å². The van der Waals surface area contributed by atoms with Crippen LogP contribution in [0.5, 0.6) is 5.75 Å². The van der Waals surface area contributed by atoms with Crippen molar-refractivity contribution in [1.82, 2.24) is 9.29 Å². The van der Waals surface area contributed by atoms with Crippen molar-refractivity contribution in [2.24, 2.45) is 0 Å². The lowest BCUT2D eigenvalue weighted by atomic mass is 10.3. The number of nitrogens with two attached hydrogens (primary N) is 1. The average Bonchev–Trinajstić information content (AvgIpc) is 2.56. The van der Waals surface area contributed by atoms with Crippen LogP contribution in [-0.2, 0) is 14.8 Å². The van der Waals surface area contributed by atoms with Gasteiger partial charge >= 0.3 is 0 Å². The van der Waals surface area contributed by atoms with Gasteiger partial charge in [0.15, 0.2) is 0 Å². The third-order valence-corrected chi connectivity index (χ3v) is 5.52. The number of likely N-dealkylation sites (N-methyl/N-ethyl adjacent to an activating group) is 1. The van der Waals surface area contributed by atoms with Crippen molar-refractivity contribution in [2.45, 2.75) is 4.90 Å². The van der Waals surface area contributed by atoms with Gasteiger partial charge in [-0.05, 0) is 34.1 Å². The van der Waals surface area contributed by atoms with Gasteiger partial charge in [-0.15, -0.1) is 0 Å². The molecule has 0 atom stereocenters. The standard InChI is InChI=1S/C15H17BrN4O4S/c1-20(25(22,23)13-6-10(16)8-18-15(13)17)9-14(21)19-11-4-3-5-12(7-11)24-2/h3-8H,9H2,1-2H3,(H2,17,18)(H,19,21). The number of amides is 1. The van der Waals surface area contributed by atoms with Crippen LogP contribution in [0.15, 0.2) is 45.9 Å². The minimum Gasteiger partial charge on any atom is -0.497 e. The van der Waals surface area contributed by atoms with Gasteiger partial charge < -0.3 is 15.8 Å². The maximum atomic E-state index is 12.6. The highest BCUT2D eigenvalue weighted by Crippen LogP contribution is 2.23. The third-order valence-electron chi connectivity index (χ3n) is 3.26. The summed E-state index contributed by atoms with van der Waals surface area (Å²) >= 11 is 3.15. The monoisotopic (exact) mass is 428 g/mol. The predicted octanol–water partition coefficient (Wildman–Crippen LogP) is 1.69. The molecule has 1 aromatic heterocycles. The first-order chi connectivity index (χ1) is 11.7. The van der Waals surface area contributed by atoms with Crippen LogP contribution in [0.1, 0.15) is 0 Å². The van der Waals surface area contributed by atoms with Crippen molar-refractivity contribution in [3.63, 3.8) is 0 Å².